The summed E-state index contributed by atoms with van der Waals surface area (Å²) >= 11 is 0. The van der Waals surface area contributed by atoms with Gasteiger partial charge in [0, 0.05) is 11.3 Å². The molecule has 12 rings (SSSR count). The molecule has 3 nitrogen and oxygen atoms in total. The highest BCUT2D eigenvalue weighted by Crippen LogP contribution is 2.50. The van der Waals surface area contributed by atoms with Crippen LogP contribution in [-0.2, 0) is 0 Å². The highest BCUT2D eigenvalue weighted by Gasteiger charge is 2.30. The maximum atomic E-state index is 5.25. The Hall–Kier alpha value is -7.75. The van der Waals surface area contributed by atoms with Crippen LogP contribution >= 0.6 is 0 Å². The van der Waals surface area contributed by atoms with Crippen LogP contribution in [0.25, 0.3) is 93.8 Å². The summed E-state index contributed by atoms with van der Waals surface area (Å²) in [6.07, 6.45) is 0. The van der Waals surface area contributed by atoms with Crippen LogP contribution in [0.5, 0.6) is 0 Å². The second-order valence-corrected chi connectivity index (χ2v) is 15.1. The minimum atomic E-state index is 0.941. The van der Waals surface area contributed by atoms with Gasteiger partial charge in [-0.15, -0.1) is 0 Å². The molecule has 2 heterocycles. The lowest BCUT2D eigenvalue weighted by atomic mass is 9.84. The first-order valence-electron chi connectivity index (χ1n) is 19.9. The van der Waals surface area contributed by atoms with Gasteiger partial charge in [0.2, 0.25) is 0 Å². The number of fused-ring (bicyclic) bond motifs is 5. The average Bonchev–Trinajstić information content (AvgIpc) is 3.69. The van der Waals surface area contributed by atoms with Crippen LogP contribution in [0.1, 0.15) is 0 Å². The van der Waals surface area contributed by atoms with Crippen LogP contribution in [0.3, 0.4) is 0 Å². The SMILES string of the molecule is c1ccc(-c2c3ccccc3c(-c3ccc4ccccc4c3)c3cc(-c4ccc5c(c4)N(c4ccccc4)c4cccc6nc(-c7ccccc7)n-5c46)ccc23)cc1. The van der Waals surface area contributed by atoms with Gasteiger partial charge in [-0.2, -0.15) is 0 Å². The maximum absolute atomic E-state index is 5.25. The molecule has 0 bridgehead atoms. The average molecular weight is 738 g/mol. The van der Waals surface area contributed by atoms with E-state index in [-0.39, 0.29) is 0 Å². The Morgan fingerprint density at radius 2 is 0.931 bits per heavy atom. The quantitative estimate of drug-likeness (QED) is 0.164. The van der Waals surface area contributed by atoms with Crippen molar-refractivity contribution in [1.29, 1.82) is 0 Å². The van der Waals surface area contributed by atoms with E-state index >= 15 is 0 Å². The van der Waals surface area contributed by atoms with Gasteiger partial charge in [0.15, 0.2) is 0 Å². The molecule has 58 heavy (non-hydrogen) atoms. The van der Waals surface area contributed by atoms with E-state index in [2.05, 4.69) is 222 Å². The van der Waals surface area contributed by atoms with Gasteiger partial charge in [-0.05, 0) is 114 Å². The van der Waals surface area contributed by atoms with Gasteiger partial charge >= 0.3 is 0 Å². The van der Waals surface area contributed by atoms with Crippen molar-refractivity contribution in [2.45, 2.75) is 0 Å². The summed E-state index contributed by atoms with van der Waals surface area (Å²) in [7, 11) is 0. The normalized spacial score (nSPS) is 12.1. The van der Waals surface area contributed by atoms with Gasteiger partial charge in [-0.25, -0.2) is 4.98 Å². The van der Waals surface area contributed by atoms with Crippen molar-refractivity contribution in [3.63, 3.8) is 0 Å². The summed E-state index contributed by atoms with van der Waals surface area (Å²) in [4.78, 5) is 7.65. The smallest absolute Gasteiger partial charge is 0.145 e. The molecule has 270 valence electrons. The van der Waals surface area contributed by atoms with Crippen molar-refractivity contribution in [1.82, 2.24) is 9.55 Å². The lowest BCUT2D eigenvalue weighted by Gasteiger charge is -2.33. The van der Waals surface area contributed by atoms with E-state index in [1.165, 1.54) is 54.6 Å². The number of benzene rings is 10. The van der Waals surface area contributed by atoms with Crippen LogP contribution in [0.4, 0.5) is 17.1 Å². The molecular weight excluding hydrogens is 703 g/mol. The highest BCUT2D eigenvalue weighted by atomic mass is 15.2. The van der Waals surface area contributed by atoms with Gasteiger partial charge in [-0.3, -0.25) is 4.57 Å². The standard InChI is InChI=1S/C55H35N3/c1-4-16-37(17-5-1)52-44-23-12-13-24-45(44)53(42-28-27-36-15-10-11-20-39(36)33-42)47-34-40(29-31-46(47)52)41-30-32-49-51(35-41)57(43-21-8-3-9-22-43)50-26-14-25-48-54(50)58(49)55(56-48)38-18-6-2-7-19-38/h1-35H. The number of para-hydroxylation sites is 2. The Morgan fingerprint density at radius 1 is 0.328 bits per heavy atom. The van der Waals surface area contributed by atoms with Crippen molar-refractivity contribution in [2.24, 2.45) is 0 Å². The van der Waals surface area contributed by atoms with Gasteiger partial charge < -0.3 is 4.90 Å². The van der Waals surface area contributed by atoms with E-state index in [4.69, 9.17) is 4.98 Å². The molecule has 0 atom stereocenters. The second kappa shape index (κ2) is 12.9. The molecular formula is C55H35N3. The summed E-state index contributed by atoms with van der Waals surface area (Å²) in [5.41, 5.74) is 14.9. The third-order valence-corrected chi connectivity index (χ3v) is 11.9. The fraction of sp³-hybridized carbons (Fsp3) is 0. The molecule has 1 aliphatic rings. The first-order chi connectivity index (χ1) is 28.8. The summed E-state index contributed by atoms with van der Waals surface area (Å²) in [5, 5.41) is 7.45. The first-order valence-corrected chi connectivity index (χ1v) is 19.9. The van der Waals surface area contributed by atoms with Gasteiger partial charge in [0.1, 0.15) is 5.82 Å². The molecule has 1 aliphatic heterocycles. The zero-order valence-corrected chi connectivity index (χ0v) is 31.5. The molecule has 0 aliphatic carbocycles. The molecule has 0 fully saturated rings. The number of aromatic nitrogens is 2. The Balaban J connectivity index is 1.13. The second-order valence-electron chi connectivity index (χ2n) is 15.1. The highest BCUT2D eigenvalue weighted by molar-refractivity contribution is 6.22. The first kappa shape index (κ1) is 32.5. The lowest BCUT2D eigenvalue weighted by molar-refractivity contribution is 1.06. The van der Waals surface area contributed by atoms with Gasteiger partial charge in [0.25, 0.3) is 0 Å². The molecule has 0 N–H and O–H groups in total. The fourth-order valence-electron chi connectivity index (χ4n) is 9.29. The molecule has 11 aromatic rings. The molecule has 0 unspecified atom stereocenters. The van der Waals surface area contributed by atoms with E-state index < -0.39 is 0 Å². The largest absolute Gasteiger partial charge is 0.306 e. The zero-order chi connectivity index (χ0) is 38.2. The topological polar surface area (TPSA) is 21.1 Å². The van der Waals surface area contributed by atoms with Crippen LogP contribution in [0.15, 0.2) is 212 Å². The lowest BCUT2D eigenvalue weighted by Crippen LogP contribution is -2.18. The van der Waals surface area contributed by atoms with Crippen molar-refractivity contribution in [3.8, 4) is 50.5 Å². The zero-order valence-electron chi connectivity index (χ0n) is 31.5. The predicted octanol–water partition coefficient (Wildman–Crippen LogP) is 14.9. The van der Waals surface area contributed by atoms with Crippen molar-refractivity contribution in [2.75, 3.05) is 4.90 Å². The molecule has 1 aromatic heterocycles. The monoisotopic (exact) mass is 737 g/mol. The third kappa shape index (κ3) is 4.97. The van der Waals surface area contributed by atoms with Crippen molar-refractivity contribution in [3.05, 3.63) is 212 Å². The summed E-state index contributed by atoms with van der Waals surface area (Å²) < 4.78 is 2.36. The summed E-state index contributed by atoms with van der Waals surface area (Å²) in [5.74, 6) is 0.941. The Kier molecular flexibility index (Phi) is 7.23. The van der Waals surface area contributed by atoms with Crippen LogP contribution in [0.2, 0.25) is 0 Å². The van der Waals surface area contributed by atoms with Crippen LogP contribution in [-0.4, -0.2) is 9.55 Å². The molecule has 0 saturated carbocycles. The molecule has 0 saturated heterocycles. The Bertz CT molecular complexity index is 3380. The van der Waals surface area contributed by atoms with Crippen LogP contribution < -0.4 is 4.90 Å². The number of anilines is 3. The summed E-state index contributed by atoms with van der Waals surface area (Å²) in [6.45, 7) is 0. The Morgan fingerprint density at radius 3 is 1.71 bits per heavy atom. The third-order valence-electron chi connectivity index (χ3n) is 11.9. The van der Waals surface area contributed by atoms with E-state index in [0.29, 0.717) is 0 Å². The van der Waals surface area contributed by atoms with Crippen molar-refractivity contribution >= 4 is 60.4 Å². The van der Waals surface area contributed by atoms with E-state index in [1.807, 2.05) is 0 Å². The molecule has 0 amide bonds. The number of nitrogens with zero attached hydrogens (tertiary/aromatic N) is 3. The summed E-state index contributed by atoms with van der Waals surface area (Å²) in [6, 6.07) is 77.1. The van der Waals surface area contributed by atoms with E-state index in [9.17, 15) is 0 Å². The molecule has 0 radical (unpaired) electrons. The number of rotatable bonds is 5. The molecule has 10 aromatic carbocycles. The predicted molar refractivity (Wildman–Crippen MR) is 244 cm³/mol. The van der Waals surface area contributed by atoms with Gasteiger partial charge in [0.05, 0.1) is 28.1 Å². The van der Waals surface area contributed by atoms with Gasteiger partial charge in [-0.1, -0.05) is 164 Å². The van der Waals surface area contributed by atoms with E-state index in [0.717, 1.165) is 56.3 Å². The Labute approximate surface area is 336 Å². The van der Waals surface area contributed by atoms with Crippen LogP contribution in [0, 0.1) is 0 Å². The molecule has 3 heteroatoms. The number of hydrogen-bond acceptors (Lipinski definition) is 2. The maximum Gasteiger partial charge on any atom is 0.145 e. The molecule has 0 spiro atoms. The van der Waals surface area contributed by atoms with Crippen molar-refractivity contribution < 1.29 is 0 Å². The van der Waals surface area contributed by atoms with E-state index in [1.54, 1.807) is 0 Å². The number of hydrogen-bond donors (Lipinski definition) is 0. The number of imidazole rings is 1. The minimum Gasteiger partial charge on any atom is -0.306 e. The fourth-order valence-corrected chi connectivity index (χ4v) is 9.29. The minimum absolute atomic E-state index is 0.941.